The van der Waals surface area contributed by atoms with Crippen LogP contribution in [0, 0.1) is 5.92 Å². The van der Waals surface area contributed by atoms with Crippen LogP contribution in [0.3, 0.4) is 0 Å². The molecule has 21 heavy (non-hydrogen) atoms. The Kier molecular flexibility index (Phi) is 5.62. The molecule has 4 heteroatoms. The Morgan fingerprint density at radius 3 is 2.86 bits per heavy atom. The van der Waals surface area contributed by atoms with Crippen molar-refractivity contribution < 1.29 is 9.53 Å². The number of carbonyl (C=O) groups excluding carboxylic acids is 1. The van der Waals surface area contributed by atoms with Gasteiger partial charge in [-0.05, 0) is 43.0 Å². The molecule has 0 spiro atoms. The van der Waals surface area contributed by atoms with Crippen molar-refractivity contribution in [1.82, 2.24) is 4.90 Å². The molecule has 1 aromatic rings. The molecule has 4 nitrogen and oxygen atoms in total. The van der Waals surface area contributed by atoms with Gasteiger partial charge in [0.15, 0.2) is 0 Å². The van der Waals surface area contributed by atoms with Crippen molar-refractivity contribution >= 4 is 5.91 Å². The lowest BCUT2D eigenvalue weighted by Crippen LogP contribution is -2.46. The molecule has 0 aromatic heterocycles. The molecule has 1 aliphatic carbocycles. The van der Waals surface area contributed by atoms with Gasteiger partial charge in [0.1, 0.15) is 5.75 Å². The third-order valence-electron chi connectivity index (χ3n) is 4.55. The van der Waals surface area contributed by atoms with E-state index in [4.69, 9.17) is 10.5 Å². The second-order valence-electron chi connectivity index (χ2n) is 5.88. The summed E-state index contributed by atoms with van der Waals surface area (Å²) in [7, 11) is 3.56. The van der Waals surface area contributed by atoms with Gasteiger partial charge in [-0.1, -0.05) is 25.0 Å². The maximum absolute atomic E-state index is 12.5. The van der Waals surface area contributed by atoms with E-state index in [0.29, 0.717) is 24.9 Å². The van der Waals surface area contributed by atoms with Crippen molar-refractivity contribution in [3.63, 3.8) is 0 Å². The van der Waals surface area contributed by atoms with Crippen LogP contribution in [0.25, 0.3) is 0 Å². The number of carbonyl (C=O) groups is 1. The fourth-order valence-electron chi connectivity index (χ4n) is 3.24. The van der Waals surface area contributed by atoms with E-state index in [9.17, 15) is 4.79 Å². The predicted molar refractivity (Wildman–Crippen MR) is 84.3 cm³/mol. The Hall–Kier alpha value is -1.55. The summed E-state index contributed by atoms with van der Waals surface area (Å²) in [5, 5.41) is 0. The van der Waals surface area contributed by atoms with Gasteiger partial charge < -0.3 is 15.4 Å². The molecule has 2 N–H and O–H groups in total. The molecular formula is C17H26N2O2. The average molecular weight is 290 g/mol. The molecule has 1 aromatic carbocycles. The van der Waals surface area contributed by atoms with Gasteiger partial charge in [-0.25, -0.2) is 0 Å². The van der Waals surface area contributed by atoms with Gasteiger partial charge in [-0.3, -0.25) is 4.79 Å². The number of likely N-dealkylation sites (N-methyl/N-ethyl adjacent to an activating group) is 1. The number of hydrogen-bond acceptors (Lipinski definition) is 3. The molecule has 1 aliphatic rings. The molecule has 2 atom stereocenters. The zero-order chi connectivity index (χ0) is 15.2. The molecule has 0 radical (unpaired) electrons. The van der Waals surface area contributed by atoms with E-state index in [2.05, 4.69) is 0 Å². The van der Waals surface area contributed by atoms with Crippen LogP contribution in [0.15, 0.2) is 24.3 Å². The molecular weight excluding hydrogens is 264 g/mol. The minimum absolute atomic E-state index is 0.161. The summed E-state index contributed by atoms with van der Waals surface area (Å²) >= 11 is 0. The molecule has 1 saturated carbocycles. The standard InChI is InChI=1S/C17H26N2O2/c1-19(16-9-4-3-7-14(16)12-18)17(20)11-13-6-5-8-15(10-13)21-2/h5-6,8,10,14,16H,3-4,7,9,11-12,18H2,1-2H3. The van der Waals surface area contributed by atoms with Gasteiger partial charge in [-0.15, -0.1) is 0 Å². The van der Waals surface area contributed by atoms with E-state index < -0.39 is 0 Å². The van der Waals surface area contributed by atoms with Crippen LogP contribution < -0.4 is 10.5 Å². The highest BCUT2D eigenvalue weighted by molar-refractivity contribution is 5.79. The monoisotopic (exact) mass is 290 g/mol. The number of ether oxygens (including phenoxy) is 1. The lowest BCUT2D eigenvalue weighted by molar-refractivity contribution is -0.132. The van der Waals surface area contributed by atoms with E-state index in [0.717, 1.165) is 24.2 Å². The van der Waals surface area contributed by atoms with Gasteiger partial charge in [0.25, 0.3) is 0 Å². The number of amides is 1. The van der Waals surface area contributed by atoms with Crippen molar-refractivity contribution in [3.8, 4) is 5.75 Å². The number of methoxy groups -OCH3 is 1. The molecule has 0 aliphatic heterocycles. The van der Waals surface area contributed by atoms with Crippen molar-refractivity contribution in [1.29, 1.82) is 0 Å². The fourth-order valence-corrected chi connectivity index (χ4v) is 3.24. The Bertz CT molecular complexity index is 476. The molecule has 0 saturated heterocycles. The Balaban J connectivity index is 2.01. The third-order valence-corrected chi connectivity index (χ3v) is 4.55. The minimum Gasteiger partial charge on any atom is -0.497 e. The van der Waals surface area contributed by atoms with Gasteiger partial charge in [0.05, 0.1) is 13.5 Å². The van der Waals surface area contributed by atoms with E-state index in [-0.39, 0.29) is 5.91 Å². The topological polar surface area (TPSA) is 55.6 Å². The number of benzene rings is 1. The second-order valence-corrected chi connectivity index (χ2v) is 5.88. The summed E-state index contributed by atoms with van der Waals surface area (Å²) in [6, 6.07) is 8.00. The van der Waals surface area contributed by atoms with Crippen molar-refractivity contribution in [3.05, 3.63) is 29.8 Å². The maximum atomic E-state index is 12.5. The molecule has 0 heterocycles. The van der Waals surface area contributed by atoms with Crippen molar-refractivity contribution in [2.45, 2.75) is 38.1 Å². The molecule has 1 fully saturated rings. The minimum atomic E-state index is 0.161. The first-order valence-electron chi connectivity index (χ1n) is 7.74. The molecule has 1 amide bonds. The Morgan fingerprint density at radius 1 is 1.38 bits per heavy atom. The normalized spacial score (nSPS) is 21.9. The highest BCUT2D eigenvalue weighted by Crippen LogP contribution is 2.27. The Morgan fingerprint density at radius 2 is 2.14 bits per heavy atom. The summed E-state index contributed by atoms with van der Waals surface area (Å²) < 4.78 is 5.21. The zero-order valence-corrected chi connectivity index (χ0v) is 13.0. The number of rotatable bonds is 5. The fraction of sp³-hybridized carbons (Fsp3) is 0.588. The largest absolute Gasteiger partial charge is 0.497 e. The smallest absolute Gasteiger partial charge is 0.226 e. The summed E-state index contributed by atoms with van der Waals surface area (Å²) in [4.78, 5) is 14.4. The van der Waals surface area contributed by atoms with Gasteiger partial charge >= 0.3 is 0 Å². The first-order valence-corrected chi connectivity index (χ1v) is 7.74. The van der Waals surface area contributed by atoms with E-state index in [1.165, 1.54) is 12.8 Å². The lowest BCUT2D eigenvalue weighted by Gasteiger charge is -2.37. The predicted octanol–water partition coefficient (Wildman–Crippen LogP) is 2.21. The molecule has 2 rings (SSSR count). The summed E-state index contributed by atoms with van der Waals surface area (Å²) in [6.45, 7) is 0.668. The van der Waals surface area contributed by atoms with Crippen LogP contribution in [-0.4, -0.2) is 37.6 Å². The van der Waals surface area contributed by atoms with E-state index in [1.807, 2.05) is 36.2 Å². The van der Waals surface area contributed by atoms with Crippen LogP contribution in [0.1, 0.15) is 31.2 Å². The number of nitrogens with zero attached hydrogens (tertiary/aromatic N) is 1. The maximum Gasteiger partial charge on any atom is 0.226 e. The van der Waals surface area contributed by atoms with E-state index >= 15 is 0 Å². The quantitative estimate of drug-likeness (QED) is 0.904. The van der Waals surface area contributed by atoms with Crippen LogP contribution in [0.4, 0.5) is 0 Å². The zero-order valence-electron chi connectivity index (χ0n) is 13.0. The second kappa shape index (κ2) is 7.46. The van der Waals surface area contributed by atoms with Gasteiger partial charge in [0.2, 0.25) is 5.91 Å². The highest BCUT2D eigenvalue weighted by Gasteiger charge is 2.29. The summed E-state index contributed by atoms with van der Waals surface area (Å²) in [5.41, 5.74) is 6.86. The van der Waals surface area contributed by atoms with Crippen LogP contribution >= 0.6 is 0 Å². The van der Waals surface area contributed by atoms with Crippen LogP contribution in [-0.2, 0) is 11.2 Å². The summed E-state index contributed by atoms with van der Waals surface area (Å²) in [6.07, 6.45) is 5.05. The molecule has 116 valence electrons. The van der Waals surface area contributed by atoms with Crippen molar-refractivity contribution in [2.24, 2.45) is 11.7 Å². The molecule has 2 unspecified atom stereocenters. The summed E-state index contributed by atoms with van der Waals surface area (Å²) in [5.74, 6) is 1.40. The SMILES string of the molecule is COc1cccc(CC(=O)N(C)C2CCCCC2CN)c1. The van der Waals surface area contributed by atoms with Gasteiger partial charge in [-0.2, -0.15) is 0 Å². The first kappa shape index (κ1) is 15.8. The first-order chi connectivity index (χ1) is 10.2. The highest BCUT2D eigenvalue weighted by atomic mass is 16.5. The van der Waals surface area contributed by atoms with Crippen LogP contribution in [0.5, 0.6) is 5.75 Å². The van der Waals surface area contributed by atoms with Crippen molar-refractivity contribution in [2.75, 3.05) is 20.7 Å². The number of hydrogen-bond donors (Lipinski definition) is 1. The van der Waals surface area contributed by atoms with E-state index in [1.54, 1.807) is 7.11 Å². The van der Waals surface area contributed by atoms with Gasteiger partial charge in [0, 0.05) is 13.1 Å². The Labute approximate surface area is 127 Å². The average Bonchev–Trinajstić information content (AvgIpc) is 2.54. The lowest BCUT2D eigenvalue weighted by atomic mass is 9.83. The number of nitrogens with two attached hydrogens (primary N) is 1. The third kappa shape index (κ3) is 3.97. The molecule has 0 bridgehead atoms. The van der Waals surface area contributed by atoms with Crippen LogP contribution in [0.2, 0.25) is 0 Å².